The number of hydrogen-bond acceptors (Lipinski definition) is 4. The second-order valence-electron chi connectivity index (χ2n) is 5.37. The van der Waals surface area contributed by atoms with E-state index in [1.807, 2.05) is 4.90 Å². The molecule has 1 fully saturated rings. The summed E-state index contributed by atoms with van der Waals surface area (Å²) >= 11 is 0. The van der Waals surface area contributed by atoms with Crippen LogP contribution in [0.15, 0.2) is 16.9 Å². The highest BCUT2D eigenvalue weighted by Crippen LogP contribution is 2.27. The zero-order valence-electron chi connectivity index (χ0n) is 11.2. The molecule has 1 aliphatic heterocycles. The van der Waals surface area contributed by atoms with Gasteiger partial charge in [-0.25, -0.2) is 0 Å². The normalized spacial score (nSPS) is 21.2. The predicted molar refractivity (Wildman–Crippen MR) is 77.7 cm³/mol. The number of nitrogens with zero attached hydrogens (tertiary/aromatic N) is 2. The number of likely N-dealkylation sites (tertiary alicyclic amines) is 1. The van der Waals surface area contributed by atoms with Crippen molar-refractivity contribution in [2.45, 2.75) is 32.7 Å². The first-order valence-corrected chi connectivity index (χ1v) is 5.91. The van der Waals surface area contributed by atoms with Crippen LogP contribution in [0.25, 0.3) is 0 Å². The summed E-state index contributed by atoms with van der Waals surface area (Å²) in [6.07, 6.45) is 2.65. The first-order valence-electron chi connectivity index (χ1n) is 5.91. The maximum absolute atomic E-state index is 12.1. The van der Waals surface area contributed by atoms with Gasteiger partial charge < -0.3 is 15.2 Å². The Bertz CT molecular complexity index is 396. The van der Waals surface area contributed by atoms with Gasteiger partial charge in [0.15, 0.2) is 0 Å². The Labute approximate surface area is 125 Å². The molecule has 1 amide bonds. The van der Waals surface area contributed by atoms with Gasteiger partial charge in [0.2, 0.25) is 5.91 Å². The molecule has 19 heavy (non-hydrogen) atoms. The Hall–Kier alpha value is -0.780. The molecule has 1 aromatic rings. The molecule has 2 N–H and O–H groups in total. The van der Waals surface area contributed by atoms with Crippen LogP contribution in [-0.2, 0) is 11.2 Å². The van der Waals surface area contributed by atoms with Crippen molar-refractivity contribution in [2.24, 2.45) is 11.1 Å². The highest BCUT2D eigenvalue weighted by atomic mass is 35.5. The van der Waals surface area contributed by atoms with Crippen molar-refractivity contribution in [1.29, 1.82) is 0 Å². The molecule has 0 radical (unpaired) electrons. The smallest absolute Gasteiger partial charge is 0.228 e. The number of rotatable bonds is 2. The number of carbonyl (C=O) groups excluding carboxylic acids is 1. The van der Waals surface area contributed by atoms with Crippen molar-refractivity contribution in [3.05, 3.63) is 18.0 Å². The minimum absolute atomic E-state index is 0. The van der Waals surface area contributed by atoms with E-state index in [0.29, 0.717) is 18.7 Å². The third kappa shape index (κ3) is 4.37. The maximum Gasteiger partial charge on any atom is 0.228 e. The van der Waals surface area contributed by atoms with Gasteiger partial charge in [0, 0.05) is 25.2 Å². The van der Waals surface area contributed by atoms with E-state index in [-0.39, 0.29) is 42.2 Å². The van der Waals surface area contributed by atoms with E-state index in [1.54, 1.807) is 6.07 Å². The molecule has 1 aliphatic rings. The van der Waals surface area contributed by atoms with Gasteiger partial charge in [-0.15, -0.1) is 24.8 Å². The fraction of sp³-hybridized carbons (Fsp3) is 0.667. The van der Waals surface area contributed by atoms with E-state index < -0.39 is 0 Å². The number of amides is 1. The Kier molecular flexibility index (Phi) is 6.83. The van der Waals surface area contributed by atoms with Crippen LogP contribution >= 0.6 is 24.8 Å². The molecule has 1 aromatic heterocycles. The predicted octanol–water partition coefficient (Wildman–Crippen LogP) is 1.65. The second-order valence-corrected chi connectivity index (χ2v) is 5.37. The van der Waals surface area contributed by atoms with Crippen LogP contribution in [0.3, 0.4) is 0 Å². The first-order chi connectivity index (χ1) is 7.99. The van der Waals surface area contributed by atoms with Crippen LogP contribution < -0.4 is 5.73 Å². The minimum atomic E-state index is -0.0161. The van der Waals surface area contributed by atoms with Crippen LogP contribution in [-0.4, -0.2) is 35.1 Å². The van der Waals surface area contributed by atoms with Crippen molar-refractivity contribution in [1.82, 2.24) is 10.1 Å². The standard InChI is InChI=1S/C12H19N3O2.2ClH/c1-12(2)8-15(5-3-10(12)13)11(16)7-9-4-6-17-14-9;;/h4,6,10H,3,5,7-8,13H2,1-2H3;2*1H. The third-order valence-corrected chi connectivity index (χ3v) is 3.49. The number of halogens is 2. The van der Waals surface area contributed by atoms with E-state index in [4.69, 9.17) is 10.3 Å². The molecule has 1 atom stereocenters. The van der Waals surface area contributed by atoms with Gasteiger partial charge in [-0.1, -0.05) is 19.0 Å². The Balaban J connectivity index is 0.00000162. The lowest BCUT2D eigenvalue weighted by atomic mass is 9.79. The fourth-order valence-electron chi connectivity index (χ4n) is 2.18. The van der Waals surface area contributed by atoms with Crippen molar-refractivity contribution in [3.8, 4) is 0 Å². The Morgan fingerprint density at radius 3 is 2.79 bits per heavy atom. The molecule has 2 rings (SSSR count). The highest BCUT2D eigenvalue weighted by molar-refractivity contribution is 5.85. The highest BCUT2D eigenvalue weighted by Gasteiger charge is 2.35. The van der Waals surface area contributed by atoms with Crippen molar-refractivity contribution >= 4 is 30.7 Å². The number of piperidine rings is 1. The Morgan fingerprint density at radius 2 is 2.26 bits per heavy atom. The van der Waals surface area contributed by atoms with Gasteiger partial charge in [-0.05, 0) is 11.8 Å². The summed E-state index contributed by atoms with van der Waals surface area (Å²) in [5.41, 5.74) is 6.71. The lowest BCUT2D eigenvalue weighted by Gasteiger charge is -2.42. The monoisotopic (exact) mass is 309 g/mol. The van der Waals surface area contributed by atoms with Crippen LogP contribution in [0.5, 0.6) is 0 Å². The summed E-state index contributed by atoms with van der Waals surface area (Å²) in [6, 6.07) is 1.89. The third-order valence-electron chi connectivity index (χ3n) is 3.49. The van der Waals surface area contributed by atoms with Crippen molar-refractivity contribution < 1.29 is 9.32 Å². The summed E-state index contributed by atoms with van der Waals surface area (Å²) in [5, 5.41) is 3.76. The second kappa shape index (κ2) is 7.12. The summed E-state index contributed by atoms with van der Waals surface area (Å²) in [7, 11) is 0. The summed E-state index contributed by atoms with van der Waals surface area (Å²) in [4.78, 5) is 13.9. The zero-order chi connectivity index (χ0) is 12.5. The van der Waals surface area contributed by atoms with Gasteiger partial charge in [-0.3, -0.25) is 4.79 Å². The van der Waals surface area contributed by atoms with E-state index in [0.717, 1.165) is 13.0 Å². The van der Waals surface area contributed by atoms with Crippen LogP contribution in [0.4, 0.5) is 0 Å². The quantitative estimate of drug-likeness (QED) is 0.901. The summed E-state index contributed by atoms with van der Waals surface area (Å²) < 4.78 is 4.72. The lowest BCUT2D eigenvalue weighted by Crippen LogP contribution is -2.54. The van der Waals surface area contributed by atoms with Crippen LogP contribution in [0, 0.1) is 5.41 Å². The molecule has 0 spiro atoms. The molecule has 2 heterocycles. The van der Waals surface area contributed by atoms with E-state index in [2.05, 4.69) is 19.0 Å². The molecular formula is C12H21Cl2N3O2. The maximum atomic E-state index is 12.1. The van der Waals surface area contributed by atoms with Crippen molar-refractivity contribution in [3.63, 3.8) is 0 Å². The molecule has 1 unspecified atom stereocenters. The van der Waals surface area contributed by atoms with Gasteiger partial charge >= 0.3 is 0 Å². The average molecular weight is 310 g/mol. The topological polar surface area (TPSA) is 72.4 Å². The van der Waals surface area contributed by atoms with Gasteiger partial charge in [0.05, 0.1) is 12.1 Å². The largest absolute Gasteiger partial charge is 0.364 e. The summed E-state index contributed by atoms with van der Waals surface area (Å²) in [5.74, 6) is 0.0962. The number of carbonyl (C=O) groups is 1. The van der Waals surface area contributed by atoms with E-state index >= 15 is 0 Å². The first kappa shape index (κ1) is 18.2. The van der Waals surface area contributed by atoms with Crippen LogP contribution in [0.2, 0.25) is 0 Å². The number of hydrogen-bond donors (Lipinski definition) is 1. The summed E-state index contributed by atoms with van der Waals surface area (Å²) in [6.45, 7) is 5.66. The molecule has 7 heteroatoms. The molecular weight excluding hydrogens is 289 g/mol. The Morgan fingerprint density at radius 1 is 1.58 bits per heavy atom. The average Bonchev–Trinajstić information content (AvgIpc) is 2.74. The molecule has 0 saturated carbocycles. The van der Waals surface area contributed by atoms with Gasteiger partial charge in [-0.2, -0.15) is 0 Å². The van der Waals surface area contributed by atoms with E-state index in [9.17, 15) is 4.79 Å². The van der Waals surface area contributed by atoms with Gasteiger partial charge in [0.1, 0.15) is 6.26 Å². The fourth-order valence-corrected chi connectivity index (χ4v) is 2.18. The molecule has 110 valence electrons. The lowest BCUT2D eigenvalue weighted by molar-refractivity contribution is -0.134. The molecule has 0 aromatic carbocycles. The van der Waals surface area contributed by atoms with Crippen LogP contribution in [0.1, 0.15) is 26.0 Å². The number of nitrogens with two attached hydrogens (primary N) is 1. The molecule has 5 nitrogen and oxygen atoms in total. The van der Waals surface area contributed by atoms with Gasteiger partial charge in [0.25, 0.3) is 0 Å². The molecule has 0 bridgehead atoms. The SMILES string of the molecule is CC1(C)CN(C(=O)Cc2ccon2)CCC1N.Cl.Cl. The molecule has 1 saturated heterocycles. The van der Waals surface area contributed by atoms with Crippen molar-refractivity contribution in [2.75, 3.05) is 13.1 Å². The zero-order valence-corrected chi connectivity index (χ0v) is 12.8. The number of aromatic nitrogens is 1. The molecule has 0 aliphatic carbocycles. The van der Waals surface area contributed by atoms with E-state index in [1.165, 1.54) is 6.26 Å². The minimum Gasteiger partial charge on any atom is -0.364 e.